The highest BCUT2D eigenvalue weighted by molar-refractivity contribution is 6.10. The third-order valence-electron chi connectivity index (χ3n) is 3.23. The molecule has 0 aromatic carbocycles. The van der Waals surface area contributed by atoms with E-state index in [2.05, 4.69) is 34.7 Å². The summed E-state index contributed by atoms with van der Waals surface area (Å²) in [6, 6.07) is 0. The fourth-order valence-corrected chi connectivity index (χ4v) is 1.95. The molecule has 0 amide bonds. The summed E-state index contributed by atoms with van der Waals surface area (Å²) in [5, 5.41) is 14.7. The molecule has 0 aromatic heterocycles. The Morgan fingerprint density at radius 2 is 2.00 bits per heavy atom. The van der Waals surface area contributed by atoms with Crippen molar-refractivity contribution in [3.8, 4) is 0 Å². The largest absolute Gasteiger partial charge is 0.319 e. The summed E-state index contributed by atoms with van der Waals surface area (Å²) in [7, 11) is 3.73. The number of aliphatic imine (C=N–C) groups is 1. The fraction of sp³-hybridized carbons (Fsp3) is 0.625. The third kappa shape index (κ3) is 7.36. The van der Waals surface area contributed by atoms with Crippen LogP contribution in [0.15, 0.2) is 29.3 Å². The first-order valence-electron chi connectivity index (χ1n) is 7.28. The first kappa shape index (κ1) is 18.7. The molecule has 0 fully saturated rings. The van der Waals surface area contributed by atoms with Gasteiger partial charge in [0, 0.05) is 37.5 Å². The number of hydrogen-bond acceptors (Lipinski definition) is 4. The topological polar surface area (TPSA) is 60.3 Å². The van der Waals surface area contributed by atoms with Crippen LogP contribution in [0.4, 0.5) is 0 Å². The lowest BCUT2D eigenvalue weighted by Crippen LogP contribution is -2.32. The summed E-state index contributed by atoms with van der Waals surface area (Å²) < 4.78 is 0. The highest BCUT2D eigenvalue weighted by Crippen LogP contribution is 2.06. The van der Waals surface area contributed by atoms with Crippen molar-refractivity contribution in [2.45, 2.75) is 20.8 Å². The number of nitrogens with zero attached hydrogens (tertiary/aromatic N) is 1. The van der Waals surface area contributed by atoms with Crippen LogP contribution in [-0.2, 0) is 0 Å². The number of nitrogens with one attached hydrogen (secondary N) is 3. The van der Waals surface area contributed by atoms with Crippen molar-refractivity contribution in [1.82, 2.24) is 10.6 Å². The summed E-state index contributed by atoms with van der Waals surface area (Å²) >= 11 is 0. The zero-order valence-electron chi connectivity index (χ0n) is 13.5. The zero-order chi connectivity index (χ0) is 15.4. The molecule has 2 unspecified atom stereocenters. The van der Waals surface area contributed by atoms with Gasteiger partial charge in [0.05, 0.1) is 5.92 Å². The first-order chi connectivity index (χ1) is 9.60. The molecular weight excluding hydrogens is 248 g/mol. The van der Waals surface area contributed by atoms with Crippen LogP contribution in [0.5, 0.6) is 0 Å². The highest BCUT2D eigenvalue weighted by atomic mass is 14.9. The van der Waals surface area contributed by atoms with Gasteiger partial charge in [0.25, 0.3) is 0 Å². The Balaban J connectivity index is 4.79. The molecule has 0 saturated carbocycles. The van der Waals surface area contributed by atoms with Crippen LogP contribution in [-0.4, -0.2) is 45.2 Å². The summed E-state index contributed by atoms with van der Waals surface area (Å²) in [4.78, 5) is 4.24. The van der Waals surface area contributed by atoms with Crippen molar-refractivity contribution in [2.75, 3.05) is 33.7 Å². The molecule has 20 heavy (non-hydrogen) atoms. The molecule has 0 saturated heterocycles. The fourth-order valence-electron chi connectivity index (χ4n) is 1.95. The molecule has 0 aliphatic carbocycles. The number of allylic oxidation sites excluding steroid dienone is 2. The second kappa shape index (κ2) is 11.6. The summed E-state index contributed by atoms with van der Waals surface area (Å²) in [6.45, 7) is 8.64. The van der Waals surface area contributed by atoms with Gasteiger partial charge in [0.1, 0.15) is 0 Å². The average Bonchev–Trinajstić information content (AvgIpc) is 2.45. The molecule has 3 N–H and O–H groups in total. The van der Waals surface area contributed by atoms with Crippen LogP contribution in [0.1, 0.15) is 20.8 Å². The van der Waals surface area contributed by atoms with E-state index in [1.807, 2.05) is 33.0 Å². The molecule has 0 bridgehead atoms. The maximum Gasteiger partial charge on any atom is 0.0506 e. The Bertz CT molecular complexity index is 355. The first-order valence-corrected chi connectivity index (χ1v) is 7.28. The average molecular weight is 278 g/mol. The summed E-state index contributed by atoms with van der Waals surface area (Å²) in [5.74, 6) is 0.376. The van der Waals surface area contributed by atoms with E-state index >= 15 is 0 Å². The standard InChI is InChI=1S/C16H30N4/c1-6-8-14(11-18-4)9-10-16(17)15(12-20-7-2)13(3)19-5/h6,8-10,14-15,17-18,20H,7,11-12H2,1-5H3/b8-6-,10-9+,17-16?,19-13?. The number of rotatable bonds is 10. The Kier molecular flexibility index (Phi) is 10.8. The predicted octanol–water partition coefficient (Wildman–Crippen LogP) is 2.29. The van der Waals surface area contributed by atoms with Gasteiger partial charge in [-0.1, -0.05) is 25.2 Å². The van der Waals surface area contributed by atoms with E-state index in [1.54, 1.807) is 7.05 Å². The van der Waals surface area contributed by atoms with Crippen LogP contribution < -0.4 is 10.6 Å². The second-order valence-electron chi connectivity index (χ2n) is 4.79. The normalized spacial score (nSPS) is 15.9. The van der Waals surface area contributed by atoms with Gasteiger partial charge in [-0.25, -0.2) is 0 Å². The van der Waals surface area contributed by atoms with Crippen molar-refractivity contribution < 1.29 is 0 Å². The van der Waals surface area contributed by atoms with Crippen LogP contribution in [0.25, 0.3) is 0 Å². The van der Waals surface area contributed by atoms with Crippen LogP contribution in [0.2, 0.25) is 0 Å². The van der Waals surface area contributed by atoms with E-state index in [9.17, 15) is 0 Å². The SMILES string of the molecule is C/C=C\C(/C=C/C(=N)C(CNCC)C(C)=NC)CNC. The van der Waals surface area contributed by atoms with E-state index in [0.29, 0.717) is 11.6 Å². The zero-order valence-corrected chi connectivity index (χ0v) is 13.5. The van der Waals surface area contributed by atoms with Crippen LogP contribution >= 0.6 is 0 Å². The van der Waals surface area contributed by atoms with E-state index in [1.165, 1.54) is 0 Å². The molecule has 0 heterocycles. The molecule has 114 valence electrons. The molecule has 0 rings (SSSR count). The van der Waals surface area contributed by atoms with Gasteiger partial charge in [0.15, 0.2) is 0 Å². The van der Waals surface area contributed by atoms with Gasteiger partial charge >= 0.3 is 0 Å². The minimum atomic E-state index is 0.0528. The van der Waals surface area contributed by atoms with Crippen molar-refractivity contribution >= 4 is 11.4 Å². The van der Waals surface area contributed by atoms with Crippen LogP contribution in [0.3, 0.4) is 0 Å². The predicted molar refractivity (Wildman–Crippen MR) is 90.2 cm³/mol. The van der Waals surface area contributed by atoms with Crippen molar-refractivity contribution in [3.63, 3.8) is 0 Å². The Morgan fingerprint density at radius 3 is 2.50 bits per heavy atom. The molecule has 2 atom stereocenters. The van der Waals surface area contributed by atoms with Gasteiger partial charge in [-0.3, -0.25) is 4.99 Å². The number of hydrogen-bond donors (Lipinski definition) is 3. The van der Waals surface area contributed by atoms with E-state index in [-0.39, 0.29) is 5.92 Å². The molecule has 0 aromatic rings. The molecule has 4 heteroatoms. The second-order valence-corrected chi connectivity index (χ2v) is 4.79. The Morgan fingerprint density at radius 1 is 1.30 bits per heavy atom. The molecule has 0 aliphatic heterocycles. The molecule has 0 radical (unpaired) electrons. The molecular formula is C16H30N4. The monoisotopic (exact) mass is 278 g/mol. The van der Waals surface area contributed by atoms with E-state index in [4.69, 9.17) is 5.41 Å². The molecule has 0 spiro atoms. The lowest BCUT2D eigenvalue weighted by atomic mass is 9.96. The van der Waals surface area contributed by atoms with Gasteiger partial charge in [-0.15, -0.1) is 0 Å². The van der Waals surface area contributed by atoms with Gasteiger partial charge in [0.2, 0.25) is 0 Å². The Hall–Kier alpha value is -1.26. The van der Waals surface area contributed by atoms with Crippen LogP contribution in [0, 0.1) is 17.2 Å². The smallest absolute Gasteiger partial charge is 0.0506 e. The molecule has 4 nitrogen and oxygen atoms in total. The van der Waals surface area contributed by atoms with Gasteiger partial charge in [-0.05, 0) is 33.5 Å². The summed E-state index contributed by atoms with van der Waals surface area (Å²) in [5.41, 5.74) is 1.61. The lowest BCUT2D eigenvalue weighted by Gasteiger charge is -2.16. The Labute approximate surface area is 124 Å². The van der Waals surface area contributed by atoms with Gasteiger partial charge < -0.3 is 16.0 Å². The van der Waals surface area contributed by atoms with Crippen molar-refractivity contribution in [1.29, 1.82) is 5.41 Å². The molecule has 0 aliphatic rings. The highest BCUT2D eigenvalue weighted by Gasteiger charge is 2.15. The third-order valence-corrected chi connectivity index (χ3v) is 3.23. The minimum Gasteiger partial charge on any atom is -0.319 e. The van der Waals surface area contributed by atoms with Crippen molar-refractivity contribution in [3.05, 3.63) is 24.3 Å². The maximum absolute atomic E-state index is 8.26. The van der Waals surface area contributed by atoms with E-state index < -0.39 is 0 Å². The summed E-state index contributed by atoms with van der Waals surface area (Å²) in [6.07, 6.45) is 8.19. The maximum atomic E-state index is 8.26. The minimum absolute atomic E-state index is 0.0528. The van der Waals surface area contributed by atoms with E-state index in [0.717, 1.165) is 25.3 Å². The quantitative estimate of drug-likeness (QED) is 0.424. The lowest BCUT2D eigenvalue weighted by molar-refractivity contribution is 0.684. The van der Waals surface area contributed by atoms with Crippen molar-refractivity contribution in [2.24, 2.45) is 16.8 Å². The van der Waals surface area contributed by atoms with Gasteiger partial charge in [-0.2, -0.15) is 0 Å².